The first kappa shape index (κ1) is 13.9. The van der Waals surface area contributed by atoms with Gasteiger partial charge in [-0.1, -0.05) is 13.8 Å². The van der Waals surface area contributed by atoms with Gasteiger partial charge in [0.1, 0.15) is 0 Å². The molecule has 1 atom stereocenters. The zero-order valence-electron chi connectivity index (χ0n) is 10.7. The quantitative estimate of drug-likeness (QED) is 0.742. The van der Waals surface area contributed by atoms with Crippen molar-refractivity contribution in [2.45, 2.75) is 33.4 Å². The molecule has 0 aliphatic carbocycles. The van der Waals surface area contributed by atoms with Gasteiger partial charge in [-0.05, 0) is 24.9 Å². The van der Waals surface area contributed by atoms with Crippen LogP contribution in [0.25, 0.3) is 0 Å². The lowest BCUT2D eigenvalue weighted by atomic mass is 10.2. The Kier molecular flexibility index (Phi) is 5.31. The summed E-state index contributed by atoms with van der Waals surface area (Å²) in [6.45, 7) is 7.70. The second kappa shape index (κ2) is 6.51. The molecule has 1 aromatic rings. The molecule has 0 aliphatic rings. The summed E-state index contributed by atoms with van der Waals surface area (Å²) in [5, 5.41) is 12.9. The molecule has 17 heavy (non-hydrogen) atoms. The van der Waals surface area contributed by atoms with Crippen LogP contribution in [-0.2, 0) is 6.54 Å². The summed E-state index contributed by atoms with van der Waals surface area (Å²) >= 11 is 0. The van der Waals surface area contributed by atoms with Gasteiger partial charge in [0.05, 0.1) is 12.6 Å². The molecule has 0 aliphatic heterocycles. The molecule has 1 unspecified atom stereocenters. The molecule has 0 saturated carbocycles. The van der Waals surface area contributed by atoms with Gasteiger partial charge in [0.15, 0.2) is 0 Å². The zero-order valence-corrected chi connectivity index (χ0v) is 10.7. The number of aliphatic hydroxyl groups is 1. The maximum absolute atomic E-state index is 11.4. The van der Waals surface area contributed by atoms with Crippen LogP contribution in [0.5, 0.6) is 0 Å². The first-order valence-electron chi connectivity index (χ1n) is 5.91. The lowest BCUT2D eigenvalue weighted by Crippen LogP contribution is -2.35. The Hall–Kier alpha value is -1.20. The van der Waals surface area contributed by atoms with E-state index in [-0.39, 0.29) is 12.2 Å². The van der Waals surface area contributed by atoms with Gasteiger partial charge < -0.3 is 10.4 Å². The fourth-order valence-electron chi connectivity index (χ4n) is 1.53. The summed E-state index contributed by atoms with van der Waals surface area (Å²) in [6, 6.07) is 0. The van der Waals surface area contributed by atoms with E-state index in [0.717, 1.165) is 12.1 Å². The molecule has 0 amide bonds. The van der Waals surface area contributed by atoms with Crippen molar-refractivity contribution in [1.82, 2.24) is 14.9 Å². The predicted molar refractivity (Wildman–Crippen MR) is 66.9 cm³/mol. The molecule has 96 valence electrons. The highest BCUT2D eigenvalue weighted by Crippen LogP contribution is 1.93. The molecule has 0 saturated heterocycles. The maximum Gasteiger partial charge on any atom is 0.347 e. The highest BCUT2D eigenvalue weighted by atomic mass is 16.3. The molecular weight excluding hydrogens is 218 g/mol. The molecule has 0 radical (unpaired) electrons. The van der Waals surface area contributed by atoms with Crippen molar-refractivity contribution in [3.63, 3.8) is 0 Å². The van der Waals surface area contributed by atoms with E-state index in [2.05, 4.69) is 24.1 Å². The van der Waals surface area contributed by atoms with Crippen LogP contribution >= 0.6 is 0 Å². The largest absolute Gasteiger partial charge is 0.390 e. The summed E-state index contributed by atoms with van der Waals surface area (Å²) < 4.78 is 1.44. The predicted octanol–water partition coefficient (Wildman–Crippen LogP) is 0.158. The van der Waals surface area contributed by atoms with E-state index < -0.39 is 6.10 Å². The Morgan fingerprint density at radius 3 is 2.82 bits per heavy atom. The fraction of sp³-hybridized carbons (Fsp3) is 0.667. The molecule has 1 heterocycles. The second-order valence-electron chi connectivity index (χ2n) is 4.77. The summed E-state index contributed by atoms with van der Waals surface area (Å²) in [7, 11) is 0. The number of aliphatic hydroxyl groups excluding tert-OH is 1. The van der Waals surface area contributed by atoms with E-state index in [1.165, 1.54) is 10.8 Å². The summed E-state index contributed by atoms with van der Waals surface area (Å²) in [4.78, 5) is 15.1. The minimum absolute atomic E-state index is 0.276. The Morgan fingerprint density at radius 1 is 1.47 bits per heavy atom. The topological polar surface area (TPSA) is 67.2 Å². The van der Waals surface area contributed by atoms with Crippen molar-refractivity contribution in [3.8, 4) is 0 Å². The van der Waals surface area contributed by atoms with Gasteiger partial charge in [-0.2, -0.15) is 0 Å². The van der Waals surface area contributed by atoms with Crippen molar-refractivity contribution < 1.29 is 5.11 Å². The molecule has 0 fully saturated rings. The van der Waals surface area contributed by atoms with Crippen molar-refractivity contribution in [1.29, 1.82) is 0 Å². The van der Waals surface area contributed by atoms with Gasteiger partial charge in [0, 0.05) is 18.9 Å². The molecule has 5 nitrogen and oxygen atoms in total. The molecule has 2 N–H and O–H groups in total. The minimum Gasteiger partial charge on any atom is -0.390 e. The summed E-state index contributed by atoms with van der Waals surface area (Å²) in [6.07, 6.45) is 2.67. The first-order valence-corrected chi connectivity index (χ1v) is 5.91. The van der Waals surface area contributed by atoms with E-state index in [0.29, 0.717) is 12.5 Å². The van der Waals surface area contributed by atoms with Crippen molar-refractivity contribution >= 4 is 0 Å². The molecule has 1 rings (SSSR count). The van der Waals surface area contributed by atoms with Crippen LogP contribution in [0.3, 0.4) is 0 Å². The lowest BCUT2D eigenvalue weighted by molar-refractivity contribution is 0.148. The lowest BCUT2D eigenvalue weighted by Gasteiger charge is -2.14. The van der Waals surface area contributed by atoms with Crippen LogP contribution in [0.1, 0.15) is 19.4 Å². The van der Waals surface area contributed by atoms with Crippen LogP contribution in [0.4, 0.5) is 0 Å². The van der Waals surface area contributed by atoms with Crippen LogP contribution in [0.2, 0.25) is 0 Å². The van der Waals surface area contributed by atoms with Gasteiger partial charge in [0.2, 0.25) is 0 Å². The summed E-state index contributed by atoms with van der Waals surface area (Å²) in [5.74, 6) is 0.547. The monoisotopic (exact) mass is 239 g/mol. The van der Waals surface area contributed by atoms with E-state index in [1.807, 2.05) is 6.92 Å². The molecule has 0 spiro atoms. The molecule has 1 aromatic heterocycles. The Labute approximate surface area is 102 Å². The number of nitrogens with zero attached hydrogens (tertiary/aromatic N) is 2. The third-order valence-electron chi connectivity index (χ3n) is 2.32. The number of nitrogens with one attached hydrogen (secondary N) is 1. The van der Waals surface area contributed by atoms with Crippen molar-refractivity contribution in [2.24, 2.45) is 5.92 Å². The Bertz CT molecular complexity index is 401. The minimum atomic E-state index is -0.574. The van der Waals surface area contributed by atoms with E-state index >= 15 is 0 Å². The van der Waals surface area contributed by atoms with Crippen LogP contribution in [-0.4, -0.2) is 33.9 Å². The van der Waals surface area contributed by atoms with Crippen molar-refractivity contribution in [2.75, 3.05) is 13.1 Å². The van der Waals surface area contributed by atoms with Gasteiger partial charge >= 0.3 is 5.69 Å². The number of aryl methyl sites for hydroxylation is 1. The van der Waals surface area contributed by atoms with E-state index in [4.69, 9.17) is 0 Å². The van der Waals surface area contributed by atoms with E-state index in [1.54, 1.807) is 6.20 Å². The van der Waals surface area contributed by atoms with Crippen LogP contribution in [0, 0.1) is 12.8 Å². The second-order valence-corrected chi connectivity index (χ2v) is 4.77. The maximum atomic E-state index is 11.4. The normalized spacial score (nSPS) is 13.0. The average molecular weight is 239 g/mol. The van der Waals surface area contributed by atoms with E-state index in [9.17, 15) is 9.90 Å². The smallest absolute Gasteiger partial charge is 0.347 e. The standard InChI is InChI=1S/C12H21N3O2/c1-9(2)4-13-6-11(16)8-15-7-10(3)5-14-12(15)17/h5,7,9,11,13,16H,4,6,8H2,1-3H3. The number of rotatable bonds is 6. The molecular formula is C12H21N3O2. The Balaban J connectivity index is 2.47. The average Bonchev–Trinajstić information content (AvgIpc) is 2.23. The number of aromatic nitrogens is 2. The van der Waals surface area contributed by atoms with Gasteiger partial charge in [-0.25, -0.2) is 9.78 Å². The van der Waals surface area contributed by atoms with Gasteiger partial charge in [0.25, 0.3) is 0 Å². The third kappa shape index (κ3) is 5.10. The third-order valence-corrected chi connectivity index (χ3v) is 2.32. The SMILES string of the molecule is Cc1cnc(=O)n(CC(O)CNCC(C)C)c1. The van der Waals surface area contributed by atoms with Crippen LogP contribution < -0.4 is 11.0 Å². The highest BCUT2D eigenvalue weighted by Gasteiger charge is 2.07. The number of hydrogen-bond donors (Lipinski definition) is 2. The molecule has 0 bridgehead atoms. The van der Waals surface area contributed by atoms with Crippen LogP contribution in [0.15, 0.2) is 17.2 Å². The first-order chi connectivity index (χ1) is 7.99. The zero-order chi connectivity index (χ0) is 12.8. The summed E-state index contributed by atoms with van der Waals surface area (Å²) in [5.41, 5.74) is 0.588. The Morgan fingerprint density at radius 2 is 2.18 bits per heavy atom. The fourth-order valence-corrected chi connectivity index (χ4v) is 1.53. The highest BCUT2D eigenvalue weighted by molar-refractivity contribution is 4.99. The van der Waals surface area contributed by atoms with Gasteiger partial charge in [-0.15, -0.1) is 0 Å². The molecule has 5 heteroatoms. The number of hydrogen-bond acceptors (Lipinski definition) is 4. The molecule has 0 aromatic carbocycles. The van der Waals surface area contributed by atoms with Crippen molar-refractivity contribution in [3.05, 3.63) is 28.4 Å². The van der Waals surface area contributed by atoms with Gasteiger partial charge in [-0.3, -0.25) is 4.57 Å².